The fourth-order valence-corrected chi connectivity index (χ4v) is 4.40. The van der Waals surface area contributed by atoms with E-state index in [9.17, 15) is 9.90 Å². The second-order valence-electron chi connectivity index (χ2n) is 5.82. The van der Waals surface area contributed by atoms with Crippen LogP contribution in [0.15, 0.2) is 22.4 Å². The smallest absolute Gasteiger partial charge is 0.258 e. The van der Waals surface area contributed by atoms with Gasteiger partial charge in [-0.3, -0.25) is 14.1 Å². The number of aliphatic hydroxyl groups excluding tert-OH is 1. The molecule has 2 unspecified atom stereocenters. The third-order valence-electron chi connectivity index (χ3n) is 4.56. The zero-order valence-corrected chi connectivity index (χ0v) is 11.9. The zero-order chi connectivity index (χ0) is 13.7. The molecule has 5 nitrogen and oxygen atoms in total. The maximum atomic E-state index is 12.0. The zero-order valence-electron chi connectivity index (χ0n) is 11.1. The van der Waals surface area contributed by atoms with Crippen molar-refractivity contribution in [2.45, 2.75) is 50.4 Å². The van der Waals surface area contributed by atoms with E-state index in [-0.39, 0.29) is 11.7 Å². The number of aliphatic hydroxyl groups is 1. The number of aromatic nitrogens is 2. The first-order valence-electron chi connectivity index (χ1n) is 7.10. The van der Waals surface area contributed by atoms with Gasteiger partial charge in [0.15, 0.2) is 4.96 Å². The molecule has 6 heteroatoms. The van der Waals surface area contributed by atoms with Gasteiger partial charge in [0, 0.05) is 36.3 Å². The number of piperidine rings is 1. The van der Waals surface area contributed by atoms with Crippen LogP contribution in [0.5, 0.6) is 0 Å². The molecule has 2 aliphatic rings. The predicted molar refractivity (Wildman–Crippen MR) is 76.9 cm³/mol. The van der Waals surface area contributed by atoms with E-state index in [2.05, 4.69) is 9.88 Å². The molecular weight excluding hydrogens is 274 g/mol. The summed E-state index contributed by atoms with van der Waals surface area (Å²) in [4.78, 5) is 19.8. The average Bonchev–Trinajstić information content (AvgIpc) is 2.95. The fourth-order valence-electron chi connectivity index (χ4n) is 3.66. The normalized spacial score (nSPS) is 30.1. The standard InChI is InChI=1S/C14H17N3O2S/c18-12-6-10-1-2-11(7-12)17(10)8-9-5-13(19)16-3-4-20-14(16)15-9/h3-5,10-12,18H,1-2,6-8H2. The summed E-state index contributed by atoms with van der Waals surface area (Å²) < 4.78 is 1.59. The quantitative estimate of drug-likeness (QED) is 0.904. The number of hydrogen-bond acceptors (Lipinski definition) is 5. The Morgan fingerprint density at radius 3 is 2.85 bits per heavy atom. The lowest BCUT2D eigenvalue weighted by Gasteiger charge is -2.36. The summed E-state index contributed by atoms with van der Waals surface area (Å²) in [6.07, 6.45) is 5.64. The highest BCUT2D eigenvalue weighted by molar-refractivity contribution is 7.15. The van der Waals surface area contributed by atoms with Gasteiger partial charge in [0.1, 0.15) is 0 Å². The van der Waals surface area contributed by atoms with Crippen LogP contribution in [0.2, 0.25) is 0 Å². The minimum Gasteiger partial charge on any atom is -0.393 e. The Kier molecular flexibility index (Phi) is 2.90. The molecular formula is C14H17N3O2S. The van der Waals surface area contributed by atoms with E-state index >= 15 is 0 Å². The predicted octanol–water partition coefficient (Wildman–Crippen LogP) is 1.24. The Balaban J connectivity index is 1.63. The first-order valence-corrected chi connectivity index (χ1v) is 7.98. The van der Waals surface area contributed by atoms with E-state index in [1.165, 1.54) is 11.3 Å². The van der Waals surface area contributed by atoms with Crippen LogP contribution in [0.25, 0.3) is 4.96 Å². The lowest BCUT2D eigenvalue weighted by Crippen LogP contribution is -2.44. The lowest BCUT2D eigenvalue weighted by molar-refractivity contribution is 0.0304. The van der Waals surface area contributed by atoms with Crippen LogP contribution in [0, 0.1) is 0 Å². The molecule has 2 fully saturated rings. The lowest BCUT2D eigenvalue weighted by atomic mass is 10.00. The van der Waals surface area contributed by atoms with Crippen molar-refractivity contribution in [2.24, 2.45) is 0 Å². The van der Waals surface area contributed by atoms with Crippen LogP contribution in [0.1, 0.15) is 31.4 Å². The van der Waals surface area contributed by atoms with Crippen molar-refractivity contribution in [3.05, 3.63) is 33.7 Å². The average molecular weight is 291 g/mol. The molecule has 4 rings (SSSR count). The number of fused-ring (bicyclic) bond motifs is 3. The van der Waals surface area contributed by atoms with Gasteiger partial charge >= 0.3 is 0 Å². The fraction of sp³-hybridized carbons (Fsp3) is 0.571. The first kappa shape index (κ1) is 12.5. The molecule has 1 N–H and O–H groups in total. The van der Waals surface area contributed by atoms with Crippen molar-refractivity contribution in [1.82, 2.24) is 14.3 Å². The van der Waals surface area contributed by atoms with Crippen LogP contribution < -0.4 is 5.56 Å². The molecule has 2 aromatic rings. The van der Waals surface area contributed by atoms with E-state index in [1.807, 2.05) is 5.38 Å². The van der Waals surface area contributed by atoms with Gasteiger partial charge in [0.2, 0.25) is 0 Å². The highest BCUT2D eigenvalue weighted by Gasteiger charge is 2.40. The minimum atomic E-state index is -0.151. The molecule has 106 valence electrons. The highest BCUT2D eigenvalue weighted by Crippen LogP contribution is 2.36. The van der Waals surface area contributed by atoms with Gasteiger partial charge in [-0.1, -0.05) is 0 Å². The molecule has 2 aromatic heterocycles. The molecule has 2 aliphatic heterocycles. The number of thiazole rings is 1. The van der Waals surface area contributed by atoms with Gasteiger partial charge in [0.05, 0.1) is 11.8 Å². The molecule has 0 amide bonds. The third-order valence-corrected chi connectivity index (χ3v) is 5.32. The van der Waals surface area contributed by atoms with Crippen LogP contribution in [-0.2, 0) is 6.54 Å². The Morgan fingerprint density at radius 1 is 1.35 bits per heavy atom. The van der Waals surface area contributed by atoms with Crippen LogP contribution in [0.3, 0.4) is 0 Å². The van der Waals surface area contributed by atoms with Crippen molar-refractivity contribution in [1.29, 1.82) is 0 Å². The van der Waals surface area contributed by atoms with Crippen LogP contribution in [-0.4, -0.2) is 37.6 Å². The maximum Gasteiger partial charge on any atom is 0.258 e. The molecule has 0 saturated carbocycles. The van der Waals surface area contributed by atoms with Gasteiger partial charge < -0.3 is 5.11 Å². The Bertz CT molecular complexity index is 681. The van der Waals surface area contributed by atoms with Crippen molar-refractivity contribution in [3.8, 4) is 0 Å². The van der Waals surface area contributed by atoms with Crippen LogP contribution >= 0.6 is 11.3 Å². The first-order chi connectivity index (χ1) is 9.70. The number of nitrogens with zero attached hydrogens (tertiary/aromatic N) is 3. The van der Waals surface area contributed by atoms with Gasteiger partial charge in [-0.15, -0.1) is 11.3 Å². The third kappa shape index (κ3) is 1.99. The van der Waals surface area contributed by atoms with Gasteiger partial charge in [-0.05, 0) is 25.7 Å². The van der Waals surface area contributed by atoms with E-state index in [0.29, 0.717) is 12.1 Å². The summed E-state index contributed by atoms with van der Waals surface area (Å²) >= 11 is 1.49. The summed E-state index contributed by atoms with van der Waals surface area (Å²) in [5, 5.41) is 11.7. The van der Waals surface area contributed by atoms with Gasteiger partial charge in [0.25, 0.3) is 5.56 Å². The SMILES string of the molecule is O=c1cc(CN2C3CCC2CC(O)C3)nc2sccn12. The van der Waals surface area contributed by atoms with Gasteiger partial charge in [-0.25, -0.2) is 4.98 Å². The topological polar surface area (TPSA) is 57.8 Å². The van der Waals surface area contributed by atoms with E-state index < -0.39 is 0 Å². The molecule has 0 spiro atoms. The molecule has 0 aromatic carbocycles. The van der Waals surface area contributed by atoms with Crippen LogP contribution in [0.4, 0.5) is 0 Å². The summed E-state index contributed by atoms with van der Waals surface area (Å²) in [6.45, 7) is 0.728. The summed E-state index contributed by atoms with van der Waals surface area (Å²) in [6, 6.07) is 2.55. The van der Waals surface area contributed by atoms with Crippen molar-refractivity contribution < 1.29 is 5.11 Å². The molecule has 0 radical (unpaired) electrons. The molecule has 2 atom stereocenters. The van der Waals surface area contributed by atoms with Crippen molar-refractivity contribution >= 4 is 16.3 Å². The monoisotopic (exact) mass is 291 g/mol. The number of hydrogen-bond donors (Lipinski definition) is 1. The van der Waals surface area contributed by atoms with Crippen molar-refractivity contribution in [2.75, 3.05) is 0 Å². The second kappa shape index (κ2) is 4.65. The number of rotatable bonds is 2. The van der Waals surface area contributed by atoms with E-state index in [1.54, 1.807) is 16.7 Å². The molecule has 2 saturated heterocycles. The second-order valence-corrected chi connectivity index (χ2v) is 6.70. The highest BCUT2D eigenvalue weighted by atomic mass is 32.1. The minimum absolute atomic E-state index is 0.00404. The Morgan fingerprint density at radius 2 is 2.10 bits per heavy atom. The Hall–Kier alpha value is -1.24. The van der Waals surface area contributed by atoms with Gasteiger partial charge in [-0.2, -0.15) is 0 Å². The largest absolute Gasteiger partial charge is 0.393 e. The van der Waals surface area contributed by atoms with Crippen molar-refractivity contribution in [3.63, 3.8) is 0 Å². The summed E-state index contributed by atoms with van der Waals surface area (Å²) in [5.74, 6) is 0. The summed E-state index contributed by atoms with van der Waals surface area (Å²) in [5.41, 5.74) is 0.849. The molecule has 2 bridgehead atoms. The Labute approximate surface area is 120 Å². The molecule has 4 heterocycles. The maximum absolute atomic E-state index is 12.0. The molecule has 20 heavy (non-hydrogen) atoms. The van der Waals surface area contributed by atoms with E-state index in [0.717, 1.165) is 42.9 Å². The van der Waals surface area contributed by atoms with E-state index in [4.69, 9.17) is 0 Å². The molecule has 0 aliphatic carbocycles. The summed E-state index contributed by atoms with van der Waals surface area (Å²) in [7, 11) is 0.